The van der Waals surface area contributed by atoms with Crippen LogP contribution in [-0.4, -0.2) is 37.1 Å². The molecule has 0 aromatic rings. The summed E-state index contributed by atoms with van der Waals surface area (Å²) in [6.45, 7) is 17.0. The van der Waals surface area contributed by atoms with Gasteiger partial charge in [0, 0.05) is 25.7 Å². The molecule has 1 saturated carbocycles. The van der Waals surface area contributed by atoms with Crippen LogP contribution < -0.4 is 5.32 Å². The van der Waals surface area contributed by atoms with E-state index in [1.807, 2.05) is 0 Å². The van der Waals surface area contributed by atoms with Crippen LogP contribution >= 0.6 is 0 Å². The molecule has 0 aromatic carbocycles. The van der Waals surface area contributed by atoms with Crippen molar-refractivity contribution in [3.05, 3.63) is 0 Å². The van der Waals surface area contributed by atoms with Gasteiger partial charge in [-0.1, -0.05) is 47.5 Å². The number of nitrogens with zero attached hydrogens (tertiary/aromatic N) is 1. The largest absolute Gasteiger partial charge is 0.314 e. The van der Waals surface area contributed by atoms with Gasteiger partial charge in [0.05, 0.1) is 0 Å². The smallest absolute Gasteiger partial charge is 0.00503 e. The Morgan fingerprint density at radius 2 is 1.76 bits per heavy atom. The molecule has 1 aliphatic carbocycles. The molecule has 0 amide bonds. The lowest BCUT2D eigenvalue weighted by atomic mass is 9.70. The molecule has 1 aliphatic heterocycles. The Hall–Kier alpha value is -0.0800. The van der Waals surface area contributed by atoms with Gasteiger partial charge in [-0.15, -0.1) is 0 Å². The highest BCUT2D eigenvalue weighted by molar-refractivity contribution is 4.91. The molecule has 1 unspecified atom stereocenters. The third-order valence-electron chi connectivity index (χ3n) is 6.03. The Labute approximate surface area is 133 Å². The first-order valence-electron chi connectivity index (χ1n) is 9.36. The van der Waals surface area contributed by atoms with E-state index in [4.69, 9.17) is 0 Å². The predicted molar refractivity (Wildman–Crippen MR) is 92.6 cm³/mol. The first-order valence-corrected chi connectivity index (χ1v) is 9.36. The van der Waals surface area contributed by atoms with E-state index in [2.05, 4.69) is 44.8 Å². The third-order valence-corrected chi connectivity index (χ3v) is 6.03. The number of hydrogen-bond donors (Lipinski definition) is 1. The van der Waals surface area contributed by atoms with E-state index in [0.29, 0.717) is 11.5 Å². The van der Waals surface area contributed by atoms with E-state index in [-0.39, 0.29) is 0 Å². The Bertz CT molecular complexity index is 303. The second-order valence-corrected chi connectivity index (χ2v) is 8.75. The molecular weight excluding hydrogens is 256 g/mol. The molecule has 1 saturated heterocycles. The molecule has 0 bridgehead atoms. The molecule has 0 radical (unpaired) electrons. The topological polar surface area (TPSA) is 15.3 Å². The zero-order chi connectivity index (χ0) is 15.5. The van der Waals surface area contributed by atoms with Crippen LogP contribution in [0.3, 0.4) is 0 Å². The van der Waals surface area contributed by atoms with E-state index in [1.165, 1.54) is 58.3 Å². The number of nitrogens with one attached hydrogen (secondary N) is 1. The predicted octanol–water partition coefficient (Wildman–Crippen LogP) is 4.16. The molecule has 2 rings (SSSR count). The van der Waals surface area contributed by atoms with Crippen molar-refractivity contribution < 1.29 is 0 Å². The zero-order valence-corrected chi connectivity index (χ0v) is 15.1. The Morgan fingerprint density at radius 3 is 2.29 bits per heavy atom. The van der Waals surface area contributed by atoms with Gasteiger partial charge in [0.25, 0.3) is 0 Å². The molecule has 2 nitrogen and oxygen atoms in total. The lowest BCUT2D eigenvalue weighted by Crippen LogP contribution is -2.47. The minimum absolute atomic E-state index is 0.544. The molecule has 124 valence electrons. The van der Waals surface area contributed by atoms with Crippen LogP contribution in [0, 0.1) is 23.2 Å². The van der Waals surface area contributed by atoms with Crippen molar-refractivity contribution in [1.82, 2.24) is 10.2 Å². The second kappa shape index (κ2) is 7.46. The Balaban J connectivity index is 1.93. The maximum atomic E-state index is 3.75. The summed E-state index contributed by atoms with van der Waals surface area (Å²) in [5, 5.41) is 3.75. The summed E-state index contributed by atoms with van der Waals surface area (Å²) in [5.74, 6) is 2.73. The van der Waals surface area contributed by atoms with Crippen molar-refractivity contribution in [2.24, 2.45) is 23.2 Å². The van der Waals surface area contributed by atoms with E-state index in [9.17, 15) is 0 Å². The van der Waals surface area contributed by atoms with Crippen LogP contribution in [0.15, 0.2) is 0 Å². The summed E-state index contributed by atoms with van der Waals surface area (Å²) >= 11 is 0. The highest BCUT2D eigenvalue weighted by Crippen LogP contribution is 2.40. The summed E-state index contributed by atoms with van der Waals surface area (Å²) < 4.78 is 0. The van der Waals surface area contributed by atoms with Crippen LogP contribution in [0.5, 0.6) is 0 Å². The Kier molecular flexibility index (Phi) is 6.14. The standard InChI is InChI=1S/C19H38N2/c1-15(2)18-8-11-21(12-18)14-19(13-20-16(3)4)9-6-17(5)7-10-19/h15-18,20H,6-14H2,1-5H3. The zero-order valence-electron chi connectivity index (χ0n) is 15.1. The van der Waals surface area contributed by atoms with E-state index >= 15 is 0 Å². The fraction of sp³-hybridized carbons (Fsp3) is 1.00. The van der Waals surface area contributed by atoms with Crippen LogP contribution in [0.25, 0.3) is 0 Å². The van der Waals surface area contributed by atoms with E-state index < -0.39 is 0 Å². The third kappa shape index (κ3) is 4.96. The van der Waals surface area contributed by atoms with Crippen molar-refractivity contribution in [3.8, 4) is 0 Å². The SMILES string of the molecule is CC1CCC(CNC(C)C)(CN2CCC(C(C)C)C2)CC1. The summed E-state index contributed by atoms with van der Waals surface area (Å²) in [4.78, 5) is 2.78. The quantitative estimate of drug-likeness (QED) is 0.791. The summed E-state index contributed by atoms with van der Waals surface area (Å²) in [6, 6.07) is 0.614. The van der Waals surface area contributed by atoms with Gasteiger partial charge in [-0.2, -0.15) is 0 Å². The molecule has 1 atom stereocenters. The second-order valence-electron chi connectivity index (χ2n) is 8.75. The van der Waals surface area contributed by atoms with Gasteiger partial charge in [-0.25, -0.2) is 0 Å². The van der Waals surface area contributed by atoms with Gasteiger partial charge < -0.3 is 10.2 Å². The summed E-state index contributed by atoms with van der Waals surface area (Å²) in [6.07, 6.45) is 7.14. The summed E-state index contributed by atoms with van der Waals surface area (Å²) in [7, 11) is 0. The molecule has 0 spiro atoms. The molecular formula is C19H38N2. The first-order chi connectivity index (χ1) is 9.90. The van der Waals surface area contributed by atoms with E-state index in [0.717, 1.165) is 17.8 Å². The lowest BCUT2D eigenvalue weighted by Gasteiger charge is -2.43. The van der Waals surface area contributed by atoms with Crippen LogP contribution in [0.2, 0.25) is 0 Å². The van der Waals surface area contributed by atoms with Crippen molar-refractivity contribution in [2.45, 2.75) is 72.8 Å². The van der Waals surface area contributed by atoms with Crippen molar-refractivity contribution >= 4 is 0 Å². The maximum absolute atomic E-state index is 3.75. The van der Waals surface area contributed by atoms with Crippen LogP contribution in [0.1, 0.15) is 66.7 Å². The highest BCUT2D eigenvalue weighted by Gasteiger charge is 2.37. The first kappa shape index (κ1) is 17.3. The van der Waals surface area contributed by atoms with Crippen molar-refractivity contribution in [1.29, 1.82) is 0 Å². The van der Waals surface area contributed by atoms with Gasteiger partial charge in [0.15, 0.2) is 0 Å². The van der Waals surface area contributed by atoms with Gasteiger partial charge in [0.2, 0.25) is 0 Å². The number of likely N-dealkylation sites (tertiary alicyclic amines) is 1. The normalized spacial score (nSPS) is 35.0. The van der Waals surface area contributed by atoms with Gasteiger partial charge >= 0.3 is 0 Å². The Morgan fingerprint density at radius 1 is 1.10 bits per heavy atom. The molecule has 2 fully saturated rings. The fourth-order valence-corrected chi connectivity index (χ4v) is 4.21. The molecule has 21 heavy (non-hydrogen) atoms. The molecule has 2 heteroatoms. The molecule has 1 heterocycles. The highest BCUT2D eigenvalue weighted by atomic mass is 15.2. The molecule has 0 aromatic heterocycles. The average molecular weight is 295 g/mol. The number of hydrogen-bond acceptors (Lipinski definition) is 2. The van der Waals surface area contributed by atoms with Crippen LogP contribution in [0.4, 0.5) is 0 Å². The van der Waals surface area contributed by atoms with E-state index in [1.54, 1.807) is 0 Å². The van der Waals surface area contributed by atoms with Gasteiger partial charge in [-0.3, -0.25) is 0 Å². The fourth-order valence-electron chi connectivity index (χ4n) is 4.21. The van der Waals surface area contributed by atoms with Gasteiger partial charge in [-0.05, 0) is 49.0 Å². The monoisotopic (exact) mass is 294 g/mol. The van der Waals surface area contributed by atoms with Crippen molar-refractivity contribution in [3.63, 3.8) is 0 Å². The maximum Gasteiger partial charge on any atom is 0.00503 e. The minimum Gasteiger partial charge on any atom is -0.314 e. The molecule has 2 aliphatic rings. The van der Waals surface area contributed by atoms with Gasteiger partial charge in [0.1, 0.15) is 0 Å². The molecule has 1 N–H and O–H groups in total. The van der Waals surface area contributed by atoms with Crippen molar-refractivity contribution in [2.75, 3.05) is 26.2 Å². The number of rotatable bonds is 6. The average Bonchev–Trinajstić information content (AvgIpc) is 2.88. The van der Waals surface area contributed by atoms with Crippen LogP contribution in [-0.2, 0) is 0 Å². The summed E-state index contributed by atoms with van der Waals surface area (Å²) in [5.41, 5.74) is 0.544. The minimum atomic E-state index is 0.544. The lowest BCUT2D eigenvalue weighted by molar-refractivity contribution is 0.0930.